The summed E-state index contributed by atoms with van der Waals surface area (Å²) in [4.78, 5) is 4.41. The van der Waals surface area contributed by atoms with E-state index in [9.17, 15) is 8.78 Å². The van der Waals surface area contributed by atoms with E-state index in [2.05, 4.69) is 15.6 Å². The molecule has 2 N–H and O–H groups in total. The predicted octanol–water partition coefficient (Wildman–Crippen LogP) is 4.11. The molecule has 0 radical (unpaired) electrons. The molecule has 130 valence electrons. The van der Waals surface area contributed by atoms with Gasteiger partial charge in [0.2, 0.25) is 0 Å². The maximum atomic E-state index is 13.9. The quantitative estimate of drug-likeness (QED) is 0.653. The van der Waals surface area contributed by atoms with Crippen LogP contribution in [-0.2, 0) is 6.42 Å². The number of nitrogens with zero attached hydrogens (tertiary/aromatic N) is 1. The van der Waals surface area contributed by atoms with Crippen molar-refractivity contribution >= 4 is 44.0 Å². The number of ether oxygens (including phenoxy) is 1. The van der Waals surface area contributed by atoms with E-state index in [1.165, 1.54) is 18.4 Å². The van der Waals surface area contributed by atoms with Crippen LogP contribution in [0.15, 0.2) is 36.4 Å². The molecule has 0 amide bonds. The van der Waals surface area contributed by atoms with Gasteiger partial charge in [-0.25, -0.2) is 13.8 Å². The van der Waals surface area contributed by atoms with Crippen LogP contribution in [0.2, 0.25) is 0 Å². The first-order valence-corrected chi connectivity index (χ1v) is 8.71. The highest BCUT2D eigenvalue weighted by Crippen LogP contribution is 2.25. The number of fused-ring (bicyclic) bond motifs is 1. The van der Waals surface area contributed by atoms with E-state index in [4.69, 9.17) is 17.0 Å². The van der Waals surface area contributed by atoms with Gasteiger partial charge in [-0.2, -0.15) is 0 Å². The number of halogens is 2. The molecule has 3 aromatic rings. The van der Waals surface area contributed by atoms with Crippen molar-refractivity contribution in [1.29, 1.82) is 0 Å². The highest BCUT2D eigenvalue weighted by molar-refractivity contribution is 7.80. The molecule has 0 saturated carbocycles. The van der Waals surface area contributed by atoms with Gasteiger partial charge in [-0.3, -0.25) is 0 Å². The Bertz CT molecular complexity index is 858. The van der Waals surface area contributed by atoms with Gasteiger partial charge in [0.25, 0.3) is 0 Å². The zero-order valence-electron chi connectivity index (χ0n) is 13.3. The SMILES string of the molecule is COc1cc(F)c(CCNC(=S)Nc2nc3ccccc3s2)c(F)c1. The van der Waals surface area contributed by atoms with Gasteiger partial charge in [-0.15, -0.1) is 0 Å². The summed E-state index contributed by atoms with van der Waals surface area (Å²) in [6.07, 6.45) is 0.156. The molecular formula is C17H15F2N3OS2. The lowest BCUT2D eigenvalue weighted by Gasteiger charge is -2.10. The minimum Gasteiger partial charge on any atom is -0.497 e. The fraction of sp³-hybridized carbons (Fsp3) is 0.176. The zero-order valence-corrected chi connectivity index (χ0v) is 14.9. The van der Waals surface area contributed by atoms with Crippen LogP contribution in [0.5, 0.6) is 5.75 Å². The van der Waals surface area contributed by atoms with Crippen molar-refractivity contribution in [2.24, 2.45) is 0 Å². The molecule has 0 saturated heterocycles. The summed E-state index contributed by atoms with van der Waals surface area (Å²) in [7, 11) is 1.36. The fourth-order valence-electron chi connectivity index (χ4n) is 2.30. The van der Waals surface area contributed by atoms with E-state index in [1.54, 1.807) is 0 Å². The van der Waals surface area contributed by atoms with E-state index >= 15 is 0 Å². The molecule has 0 unspecified atom stereocenters. The second kappa shape index (κ2) is 7.71. The Labute approximate surface area is 152 Å². The summed E-state index contributed by atoms with van der Waals surface area (Å²) >= 11 is 6.68. The summed E-state index contributed by atoms with van der Waals surface area (Å²) < 4.78 is 33.6. The van der Waals surface area contributed by atoms with Crippen molar-refractivity contribution in [3.8, 4) is 5.75 Å². The first-order valence-electron chi connectivity index (χ1n) is 7.49. The first-order chi connectivity index (χ1) is 12.1. The molecule has 2 aromatic carbocycles. The van der Waals surface area contributed by atoms with E-state index < -0.39 is 11.6 Å². The van der Waals surface area contributed by atoms with Crippen molar-refractivity contribution in [3.05, 3.63) is 53.6 Å². The lowest BCUT2D eigenvalue weighted by molar-refractivity contribution is 0.405. The molecule has 0 aliphatic carbocycles. The molecule has 1 heterocycles. The molecule has 0 aliphatic rings. The zero-order chi connectivity index (χ0) is 17.8. The average Bonchev–Trinajstić information content (AvgIpc) is 2.99. The molecule has 0 spiro atoms. The second-order valence-electron chi connectivity index (χ2n) is 5.19. The van der Waals surface area contributed by atoms with Gasteiger partial charge < -0.3 is 15.4 Å². The molecule has 0 atom stereocenters. The van der Waals surface area contributed by atoms with E-state index in [-0.39, 0.29) is 24.3 Å². The molecule has 4 nitrogen and oxygen atoms in total. The lowest BCUT2D eigenvalue weighted by atomic mass is 10.1. The Kier molecular flexibility index (Phi) is 5.40. The van der Waals surface area contributed by atoms with Gasteiger partial charge in [-0.05, 0) is 30.8 Å². The summed E-state index contributed by atoms with van der Waals surface area (Å²) in [5.41, 5.74) is 0.885. The molecule has 0 aliphatic heterocycles. The third-order valence-electron chi connectivity index (χ3n) is 3.53. The van der Waals surface area contributed by atoms with Crippen LogP contribution >= 0.6 is 23.6 Å². The van der Waals surface area contributed by atoms with Gasteiger partial charge in [-0.1, -0.05) is 23.5 Å². The molecule has 8 heteroatoms. The lowest BCUT2D eigenvalue weighted by Crippen LogP contribution is -2.30. The van der Waals surface area contributed by atoms with Crippen molar-refractivity contribution in [3.63, 3.8) is 0 Å². The molecule has 3 rings (SSSR count). The predicted molar refractivity (Wildman–Crippen MR) is 100 cm³/mol. The van der Waals surface area contributed by atoms with E-state index in [0.717, 1.165) is 22.3 Å². The average molecular weight is 379 g/mol. The van der Waals surface area contributed by atoms with Gasteiger partial charge in [0.1, 0.15) is 17.4 Å². The van der Waals surface area contributed by atoms with Gasteiger partial charge in [0, 0.05) is 24.2 Å². The molecule has 1 aromatic heterocycles. The second-order valence-corrected chi connectivity index (χ2v) is 6.63. The largest absolute Gasteiger partial charge is 0.497 e. The van der Waals surface area contributed by atoms with Crippen molar-refractivity contribution in [2.45, 2.75) is 6.42 Å². The number of methoxy groups -OCH3 is 1. The van der Waals surface area contributed by atoms with Gasteiger partial charge in [0.05, 0.1) is 17.3 Å². The normalized spacial score (nSPS) is 10.7. The standard InChI is InChI=1S/C17H15F2N3OS2/c1-23-10-8-12(18)11(13(19)9-10)6-7-20-16(24)22-17-21-14-4-2-3-5-15(14)25-17/h2-5,8-9H,6-7H2,1H3,(H2,20,21,22,24). The Morgan fingerprint density at radius 3 is 2.64 bits per heavy atom. The number of nitrogens with one attached hydrogen (secondary N) is 2. The molecule has 25 heavy (non-hydrogen) atoms. The van der Waals surface area contributed by atoms with E-state index in [0.29, 0.717) is 10.2 Å². The Hall–Kier alpha value is -2.32. The Balaban J connectivity index is 1.56. The number of thiazole rings is 1. The third-order valence-corrected chi connectivity index (χ3v) is 4.72. The topological polar surface area (TPSA) is 46.2 Å². The first kappa shape index (κ1) is 17.5. The number of benzene rings is 2. The van der Waals surface area contributed by atoms with Crippen molar-refractivity contribution < 1.29 is 13.5 Å². The molecule has 0 bridgehead atoms. The van der Waals surface area contributed by atoms with Gasteiger partial charge in [0.15, 0.2) is 10.2 Å². The van der Waals surface area contributed by atoms with E-state index in [1.807, 2.05) is 24.3 Å². The summed E-state index contributed by atoms with van der Waals surface area (Å²) in [5.74, 6) is -1.12. The smallest absolute Gasteiger partial charge is 0.190 e. The highest BCUT2D eigenvalue weighted by Gasteiger charge is 2.12. The molecular weight excluding hydrogens is 364 g/mol. The van der Waals surface area contributed by atoms with Crippen LogP contribution in [0.1, 0.15) is 5.56 Å². The molecule has 0 fully saturated rings. The third kappa shape index (κ3) is 4.21. The fourth-order valence-corrected chi connectivity index (χ4v) is 3.44. The number of para-hydroxylation sites is 1. The van der Waals surface area contributed by atoms with Gasteiger partial charge >= 0.3 is 0 Å². The summed E-state index contributed by atoms with van der Waals surface area (Å²) in [5, 5.41) is 6.94. The maximum Gasteiger partial charge on any atom is 0.190 e. The Morgan fingerprint density at radius 1 is 1.24 bits per heavy atom. The van der Waals surface area contributed by atoms with Crippen LogP contribution in [0.4, 0.5) is 13.9 Å². The summed E-state index contributed by atoms with van der Waals surface area (Å²) in [6, 6.07) is 10.1. The highest BCUT2D eigenvalue weighted by atomic mass is 32.1. The minimum atomic E-state index is -0.635. The maximum absolute atomic E-state index is 13.9. The number of anilines is 1. The van der Waals surface area contributed by atoms with Crippen LogP contribution in [-0.4, -0.2) is 23.8 Å². The monoisotopic (exact) mass is 379 g/mol. The van der Waals surface area contributed by atoms with Crippen LogP contribution < -0.4 is 15.4 Å². The summed E-state index contributed by atoms with van der Waals surface area (Å²) in [6.45, 7) is 0.289. The van der Waals surface area contributed by atoms with Crippen LogP contribution in [0.25, 0.3) is 10.2 Å². The minimum absolute atomic E-state index is 0.00362. The van der Waals surface area contributed by atoms with Crippen LogP contribution in [0, 0.1) is 11.6 Å². The number of aromatic nitrogens is 1. The number of rotatable bonds is 5. The number of hydrogen-bond donors (Lipinski definition) is 2. The van der Waals surface area contributed by atoms with Crippen molar-refractivity contribution in [1.82, 2.24) is 10.3 Å². The number of thiocarbonyl (C=S) groups is 1. The van der Waals surface area contributed by atoms with Crippen molar-refractivity contribution in [2.75, 3.05) is 19.0 Å². The van der Waals surface area contributed by atoms with Crippen LogP contribution in [0.3, 0.4) is 0 Å². The number of hydrogen-bond acceptors (Lipinski definition) is 4. The Morgan fingerprint density at radius 2 is 1.96 bits per heavy atom.